The lowest BCUT2D eigenvalue weighted by molar-refractivity contribution is 0.131. The van der Waals surface area contributed by atoms with Gasteiger partial charge in [0.05, 0.1) is 0 Å². The van der Waals surface area contributed by atoms with Gasteiger partial charge in [-0.15, -0.1) is 0 Å². The number of hydrogen-bond acceptors (Lipinski definition) is 1. The summed E-state index contributed by atoms with van der Waals surface area (Å²) in [6.07, 6.45) is 9.91. The third-order valence-electron chi connectivity index (χ3n) is 5.23. The van der Waals surface area contributed by atoms with E-state index in [1.54, 1.807) is 0 Å². The van der Waals surface area contributed by atoms with Crippen molar-refractivity contribution in [1.82, 2.24) is 5.32 Å². The van der Waals surface area contributed by atoms with Gasteiger partial charge in [-0.2, -0.15) is 0 Å². The molecule has 0 heterocycles. The topological polar surface area (TPSA) is 12.0 Å². The molecule has 0 aliphatic heterocycles. The molecule has 0 amide bonds. The van der Waals surface area contributed by atoms with Gasteiger partial charge < -0.3 is 5.32 Å². The van der Waals surface area contributed by atoms with Crippen molar-refractivity contribution < 1.29 is 0 Å². The first kappa shape index (κ1) is 17.0. The Kier molecular flexibility index (Phi) is 6.86. The lowest BCUT2D eigenvalue weighted by Gasteiger charge is -2.39. The fourth-order valence-corrected chi connectivity index (χ4v) is 3.75. The molecule has 0 aromatic rings. The van der Waals surface area contributed by atoms with Crippen LogP contribution in [0.15, 0.2) is 0 Å². The molecular formula is C18H37N. The summed E-state index contributed by atoms with van der Waals surface area (Å²) in [6.45, 7) is 11.9. The minimum Gasteiger partial charge on any atom is -0.317 e. The molecule has 0 aromatic heterocycles. The Balaban J connectivity index is 2.35. The van der Waals surface area contributed by atoms with Crippen molar-refractivity contribution in [3.63, 3.8) is 0 Å². The highest BCUT2D eigenvalue weighted by Crippen LogP contribution is 2.41. The van der Waals surface area contributed by atoms with Crippen LogP contribution >= 0.6 is 0 Å². The van der Waals surface area contributed by atoms with Crippen molar-refractivity contribution >= 4 is 0 Å². The highest BCUT2D eigenvalue weighted by molar-refractivity contribution is 4.85. The molecule has 1 nitrogen and oxygen atoms in total. The molecule has 0 aromatic carbocycles. The zero-order valence-electron chi connectivity index (χ0n) is 14.3. The summed E-state index contributed by atoms with van der Waals surface area (Å²) in [5.41, 5.74) is 0.512. The Labute approximate surface area is 121 Å². The van der Waals surface area contributed by atoms with Gasteiger partial charge in [0.25, 0.3) is 0 Å². The van der Waals surface area contributed by atoms with Gasteiger partial charge in [0.1, 0.15) is 0 Å². The molecular weight excluding hydrogens is 230 g/mol. The molecule has 0 saturated heterocycles. The molecule has 1 aliphatic rings. The molecule has 1 rings (SSSR count). The second-order valence-electron chi connectivity index (χ2n) is 8.20. The Hall–Kier alpha value is -0.0400. The van der Waals surface area contributed by atoms with Crippen LogP contribution in [0.4, 0.5) is 0 Å². The highest BCUT2D eigenvalue weighted by Gasteiger charge is 2.32. The van der Waals surface area contributed by atoms with E-state index in [9.17, 15) is 0 Å². The first-order valence-electron chi connectivity index (χ1n) is 8.51. The van der Waals surface area contributed by atoms with E-state index < -0.39 is 0 Å². The van der Waals surface area contributed by atoms with Crippen molar-refractivity contribution in [2.75, 3.05) is 7.05 Å². The summed E-state index contributed by atoms with van der Waals surface area (Å²) >= 11 is 0. The quantitative estimate of drug-likeness (QED) is 0.693. The van der Waals surface area contributed by atoms with E-state index in [4.69, 9.17) is 0 Å². The fraction of sp³-hybridized carbons (Fsp3) is 1.00. The molecule has 1 aliphatic carbocycles. The van der Waals surface area contributed by atoms with E-state index in [1.807, 2.05) is 0 Å². The minimum absolute atomic E-state index is 0.512. The Morgan fingerprint density at radius 3 is 2.00 bits per heavy atom. The van der Waals surface area contributed by atoms with Crippen molar-refractivity contribution in [2.24, 2.45) is 23.2 Å². The van der Waals surface area contributed by atoms with E-state index in [2.05, 4.69) is 47.0 Å². The highest BCUT2D eigenvalue weighted by atomic mass is 14.9. The second kappa shape index (κ2) is 7.67. The van der Waals surface area contributed by atoms with Gasteiger partial charge in [0, 0.05) is 6.04 Å². The van der Waals surface area contributed by atoms with E-state index in [0.29, 0.717) is 5.41 Å². The van der Waals surface area contributed by atoms with Crippen LogP contribution in [0.3, 0.4) is 0 Å². The maximum Gasteiger partial charge on any atom is 0.00923 e. The smallest absolute Gasteiger partial charge is 0.00923 e. The Morgan fingerprint density at radius 2 is 1.58 bits per heavy atom. The molecule has 1 heteroatoms. The molecule has 1 atom stereocenters. The molecule has 1 fully saturated rings. The van der Waals surface area contributed by atoms with Crippen LogP contribution < -0.4 is 5.32 Å². The number of rotatable bonds is 6. The van der Waals surface area contributed by atoms with E-state index >= 15 is 0 Å². The molecule has 0 bridgehead atoms. The van der Waals surface area contributed by atoms with Gasteiger partial charge in [-0.05, 0) is 62.3 Å². The summed E-state index contributed by atoms with van der Waals surface area (Å²) in [5, 5.41) is 3.60. The molecule has 0 spiro atoms. The van der Waals surface area contributed by atoms with Gasteiger partial charge in [-0.3, -0.25) is 0 Å². The first-order valence-corrected chi connectivity index (χ1v) is 8.51. The minimum atomic E-state index is 0.512. The molecule has 1 N–H and O–H groups in total. The third-order valence-corrected chi connectivity index (χ3v) is 5.23. The third kappa shape index (κ3) is 5.85. The van der Waals surface area contributed by atoms with Gasteiger partial charge >= 0.3 is 0 Å². The fourth-order valence-electron chi connectivity index (χ4n) is 3.75. The predicted octanol–water partition coefficient (Wildman–Crippen LogP) is 5.25. The van der Waals surface area contributed by atoms with E-state index in [0.717, 1.165) is 23.8 Å². The summed E-state index contributed by atoms with van der Waals surface area (Å²) < 4.78 is 0. The number of nitrogens with one attached hydrogen (secondary N) is 1. The molecule has 114 valence electrons. The van der Waals surface area contributed by atoms with Crippen molar-refractivity contribution in [2.45, 2.75) is 85.6 Å². The van der Waals surface area contributed by atoms with Crippen LogP contribution in [0, 0.1) is 23.2 Å². The van der Waals surface area contributed by atoms with Crippen LogP contribution in [0.25, 0.3) is 0 Å². The summed E-state index contributed by atoms with van der Waals surface area (Å²) in [4.78, 5) is 0. The van der Waals surface area contributed by atoms with E-state index in [1.165, 1.54) is 44.9 Å². The monoisotopic (exact) mass is 267 g/mol. The van der Waals surface area contributed by atoms with Gasteiger partial charge in [0.2, 0.25) is 0 Å². The van der Waals surface area contributed by atoms with Crippen molar-refractivity contribution in [3.8, 4) is 0 Å². The van der Waals surface area contributed by atoms with Crippen LogP contribution in [0.1, 0.15) is 79.6 Å². The first-order chi connectivity index (χ1) is 8.84. The lowest BCUT2D eigenvalue weighted by atomic mass is 9.68. The standard InChI is InChI=1S/C18H37N/c1-14(2)8-7-9-17(19-6)15-10-12-16(13-11-15)18(3,4)5/h14-17,19H,7-13H2,1-6H3. The normalized spacial score (nSPS) is 26.7. The van der Waals surface area contributed by atoms with E-state index in [-0.39, 0.29) is 0 Å². The molecule has 1 unspecified atom stereocenters. The van der Waals surface area contributed by atoms with Crippen molar-refractivity contribution in [3.05, 3.63) is 0 Å². The zero-order chi connectivity index (χ0) is 14.5. The Bertz CT molecular complexity index is 231. The maximum atomic E-state index is 3.60. The molecule has 0 radical (unpaired) electrons. The summed E-state index contributed by atoms with van der Waals surface area (Å²) in [5.74, 6) is 2.72. The van der Waals surface area contributed by atoms with Gasteiger partial charge in [-0.25, -0.2) is 0 Å². The zero-order valence-corrected chi connectivity index (χ0v) is 14.3. The molecule has 1 saturated carbocycles. The largest absolute Gasteiger partial charge is 0.317 e. The predicted molar refractivity (Wildman–Crippen MR) is 86.4 cm³/mol. The number of hydrogen-bond donors (Lipinski definition) is 1. The second-order valence-corrected chi connectivity index (χ2v) is 8.20. The maximum absolute atomic E-state index is 3.60. The summed E-state index contributed by atoms with van der Waals surface area (Å²) in [6, 6.07) is 0.764. The average Bonchev–Trinajstić information content (AvgIpc) is 2.33. The average molecular weight is 268 g/mol. The molecule has 19 heavy (non-hydrogen) atoms. The van der Waals surface area contributed by atoms with Gasteiger partial charge in [0.15, 0.2) is 0 Å². The van der Waals surface area contributed by atoms with Crippen LogP contribution in [-0.4, -0.2) is 13.1 Å². The van der Waals surface area contributed by atoms with Crippen molar-refractivity contribution in [1.29, 1.82) is 0 Å². The van der Waals surface area contributed by atoms with Gasteiger partial charge in [-0.1, -0.05) is 47.5 Å². The lowest BCUT2D eigenvalue weighted by Crippen LogP contribution is -2.37. The SMILES string of the molecule is CNC(CCCC(C)C)C1CCC(C(C)(C)C)CC1. The van der Waals surface area contributed by atoms with Crippen LogP contribution in [0.2, 0.25) is 0 Å². The van der Waals surface area contributed by atoms with Crippen LogP contribution in [-0.2, 0) is 0 Å². The van der Waals surface area contributed by atoms with Crippen LogP contribution in [0.5, 0.6) is 0 Å². The Morgan fingerprint density at radius 1 is 1.00 bits per heavy atom. The summed E-state index contributed by atoms with van der Waals surface area (Å²) in [7, 11) is 2.16.